The largest absolute Gasteiger partial charge is 0.479 e. The summed E-state index contributed by atoms with van der Waals surface area (Å²) >= 11 is 3.18. The van der Waals surface area contributed by atoms with Crippen molar-refractivity contribution in [3.8, 4) is 5.88 Å². The lowest BCUT2D eigenvalue weighted by Crippen LogP contribution is -2.15. The highest BCUT2D eigenvalue weighted by atomic mass is 79.9. The molecule has 0 aliphatic heterocycles. The van der Waals surface area contributed by atoms with E-state index in [9.17, 15) is 12.8 Å². The van der Waals surface area contributed by atoms with Crippen LogP contribution in [0.3, 0.4) is 0 Å². The molecule has 2 aromatic rings. The second-order valence-corrected chi connectivity index (χ2v) is 6.18. The van der Waals surface area contributed by atoms with Crippen molar-refractivity contribution in [2.45, 2.75) is 5.03 Å². The van der Waals surface area contributed by atoms with Crippen LogP contribution in [0.15, 0.2) is 40.1 Å². The average molecular weight is 362 g/mol. The minimum Gasteiger partial charge on any atom is -0.479 e. The zero-order chi connectivity index (χ0) is 14.8. The number of pyridine rings is 2. The molecule has 0 saturated heterocycles. The third-order valence-corrected chi connectivity index (χ3v) is 3.95. The van der Waals surface area contributed by atoms with E-state index in [4.69, 9.17) is 4.74 Å². The topological polar surface area (TPSA) is 81.2 Å². The Morgan fingerprint density at radius 2 is 2.05 bits per heavy atom. The highest BCUT2D eigenvalue weighted by molar-refractivity contribution is 9.10. The fourth-order valence-corrected chi connectivity index (χ4v) is 2.69. The Bertz CT molecular complexity index is 722. The molecule has 2 heterocycles. The minimum absolute atomic E-state index is 0.110. The first-order valence-electron chi connectivity index (χ1n) is 5.26. The molecule has 2 aromatic heterocycles. The normalized spacial score (nSPS) is 11.2. The number of ether oxygens (including phenoxy) is 1. The summed E-state index contributed by atoms with van der Waals surface area (Å²) in [5.74, 6) is -0.510. The van der Waals surface area contributed by atoms with Gasteiger partial charge in [-0.2, -0.15) is 8.42 Å². The zero-order valence-corrected chi connectivity index (χ0v) is 12.6. The molecule has 0 spiro atoms. The molecule has 0 atom stereocenters. The zero-order valence-electron chi connectivity index (χ0n) is 10.2. The van der Waals surface area contributed by atoms with E-state index in [1.54, 1.807) is 0 Å². The van der Waals surface area contributed by atoms with E-state index >= 15 is 0 Å². The number of nitrogens with zero attached hydrogens (tertiary/aromatic N) is 2. The molecule has 0 saturated carbocycles. The van der Waals surface area contributed by atoms with Gasteiger partial charge >= 0.3 is 0 Å². The summed E-state index contributed by atoms with van der Waals surface area (Å²) in [5.41, 5.74) is 0.146. The number of sulfonamides is 1. The molecule has 0 aliphatic rings. The van der Waals surface area contributed by atoms with Gasteiger partial charge in [0.2, 0.25) is 5.88 Å². The molecule has 0 bridgehead atoms. The van der Waals surface area contributed by atoms with Crippen molar-refractivity contribution in [1.29, 1.82) is 0 Å². The minimum atomic E-state index is -3.95. The van der Waals surface area contributed by atoms with Crippen molar-refractivity contribution < 1.29 is 17.5 Å². The van der Waals surface area contributed by atoms with E-state index < -0.39 is 15.8 Å². The van der Waals surface area contributed by atoms with Crippen LogP contribution in [-0.2, 0) is 10.0 Å². The Kier molecular flexibility index (Phi) is 4.19. The standard InChI is InChI=1S/C11H9BrFN3O3S/c1-19-11-9(4-7(12)5-15-11)16-20(17,18)10-3-2-8(13)6-14-10/h2-6,16H,1H3. The molecular formula is C11H9BrFN3O3S. The number of halogens is 2. The maximum absolute atomic E-state index is 12.8. The molecule has 0 fully saturated rings. The van der Waals surface area contributed by atoms with Crippen LogP contribution < -0.4 is 9.46 Å². The lowest BCUT2D eigenvalue weighted by Gasteiger charge is -2.10. The maximum Gasteiger partial charge on any atom is 0.279 e. The van der Waals surface area contributed by atoms with Gasteiger partial charge < -0.3 is 4.74 Å². The molecule has 20 heavy (non-hydrogen) atoms. The van der Waals surface area contributed by atoms with Crippen molar-refractivity contribution in [3.05, 3.63) is 40.9 Å². The smallest absolute Gasteiger partial charge is 0.279 e. The second kappa shape index (κ2) is 5.71. The van der Waals surface area contributed by atoms with Crippen molar-refractivity contribution in [2.75, 3.05) is 11.8 Å². The summed E-state index contributed by atoms with van der Waals surface area (Å²) in [7, 11) is -2.58. The number of rotatable bonds is 4. The van der Waals surface area contributed by atoms with E-state index in [1.165, 1.54) is 19.4 Å². The molecule has 1 N–H and O–H groups in total. The van der Waals surface area contributed by atoms with Gasteiger partial charge in [-0.25, -0.2) is 14.4 Å². The van der Waals surface area contributed by atoms with Gasteiger partial charge in [0.05, 0.1) is 13.3 Å². The van der Waals surface area contributed by atoms with Gasteiger partial charge in [-0.1, -0.05) is 0 Å². The summed E-state index contributed by atoms with van der Waals surface area (Å²) in [6, 6.07) is 3.57. The number of hydrogen-bond acceptors (Lipinski definition) is 5. The average Bonchev–Trinajstić information content (AvgIpc) is 2.39. The van der Waals surface area contributed by atoms with Crippen molar-refractivity contribution in [1.82, 2.24) is 9.97 Å². The number of aromatic nitrogens is 2. The fraction of sp³-hybridized carbons (Fsp3) is 0.0909. The van der Waals surface area contributed by atoms with E-state index in [0.29, 0.717) is 4.47 Å². The SMILES string of the molecule is COc1ncc(Br)cc1NS(=O)(=O)c1ccc(F)cn1. The quantitative estimate of drug-likeness (QED) is 0.902. The predicted octanol–water partition coefficient (Wildman–Crippen LogP) is 2.19. The molecule has 0 aromatic carbocycles. The molecule has 2 rings (SSSR count). The van der Waals surface area contributed by atoms with E-state index in [1.807, 2.05) is 0 Å². The third kappa shape index (κ3) is 3.23. The molecule has 0 amide bonds. The number of methoxy groups -OCH3 is 1. The van der Waals surface area contributed by atoms with Crippen LogP contribution in [0.2, 0.25) is 0 Å². The first-order valence-corrected chi connectivity index (χ1v) is 7.54. The Balaban J connectivity index is 2.37. The van der Waals surface area contributed by atoms with Gasteiger partial charge in [0, 0.05) is 10.7 Å². The Labute approximate surface area is 123 Å². The van der Waals surface area contributed by atoms with Gasteiger partial charge in [-0.3, -0.25) is 4.72 Å². The van der Waals surface area contributed by atoms with Crippen molar-refractivity contribution >= 4 is 31.6 Å². The van der Waals surface area contributed by atoms with Crippen LogP contribution >= 0.6 is 15.9 Å². The Hall–Kier alpha value is -1.74. The van der Waals surface area contributed by atoms with Gasteiger partial charge in [-0.05, 0) is 34.1 Å². The van der Waals surface area contributed by atoms with Crippen LogP contribution in [0.1, 0.15) is 0 Å². The van der Waals surface area contributed by atoms with E-state index in [2.05, 4.69) is 30.6 Å². The number of hydrogen-bond donors (Lipinski definition) is 1. The van der Waals surface area contributed by atoms with Gasteiger partial charge in [0.15, 0.2) is 5.03 Å². The molecule has 106 valence electrons. The Morgan fingerprint density at radius 3 is 2.65 bits per heavy atom. The Morgan fingerprint density at radius 1 is 1.30 bits per heavy atom. The van der Waals surface area contributed by atoms with Gasteiger partial charge in [0.25, 0.3) is 10.0 Å². The van der Waals surface area contributed by atoms with Crippen molar-refractivity contribution in [3.63, 3.8) is 0 Å². The maximum atomic E-state index is 12.8. The summed E-state index contributed by atoms with van der Waals surface area (Å²) in [5, 5.41) is -0.305. The summed E-state index contributed by atoms with van der Waals surface area (Å²) in [6.45, 7) is 0. The lowest BCUT2D eigenvalue weighted by atomic mass is 10.4. The molecule has 0 unspecified atom stereocenters. The molecule has 9 heteroatoms. The summed E-state index contributed by atoms with van der Waals surface area (Å²) in [4.78, 5) is 7.44. The van der Waals surface area contributed by atoms with E-state index in [0.717, 1.165) is 18.3 Å². The monoisotopic (exact) mass is 361 g/mol. The van der Waals surface area contributed by atoms with Crippen molar-refractivity contribution in [2.24, 2.45) is 0 Å². The van der Waals surface area contributed by atoms with E-state index in [-0.39, 0.29) is 16.6 Å². The molecule has 0 aliphatic carbocycles. The fourth-order valence-electron chi connectivity index (χ4n) is 1.38. The number of nitrogens with one attached hydrogen (secondary N) is 1. The highest BCUT2D eigenvalue weighted by Crippen LogP contribution is 2.27. The van der Waals surface area contributed by atoms with Gasteiger partial charge in [-0.15, -0.1) is 0 Å². The van der Waals surface area contributed by atoms with Crippen LogP contribution in [0.25, 0.3) is 0 Å². The predicted molar refractivity (Wildman–Crippen MR) is 73.5 cm³/mol. The highest BCUT2D eigenvalue weighted by Gasteiger charge is 2.18. The van der Waals surface area contributed by atoms with Gasteiger partial charge in [0.1, 0.15) is 11.5 Å². The van der Waals surface area contributed by atoms with Crippen LogP contribution in [0.4, 0.5) is 10.1 Å². The lowest BCUT2D eigenvalue weighted by molar-refractivity contribution is 0.400. The second-order valence-electron chi connectivity index (χ2n) is 3.63. The first-order chi connectivity index (χ1) is 9.42. The summed E-state index contributed by atoms with van der Waals surface area (Å²) in [6.07, 6.45) is 2.29. The first kappa shape index (κ1) is 14.7. The molecule has 0 radical (unpaired) electrons. The van der Waals surface area contributed by atoms with Crippen LogP contribution in [0.5, 0.6) is 5.88 Å². The molecular weight excluding hydrogens is 353 g/mol. The summed E-state index contributed by atoms with van der Waals surface area (Å²) < 4.78 is 44.8. The molecule has 6 nitrogen and oxygen atoms in total. The third-order valence-electron chi connectivity index (χ3n) is 2.23. The number of anilines is 1. The van der Waals surface area contributed by atoms with Crippen LogP contribution in [0, 0.1) is 5.82 Å². The van der Waals surface area contributed by atoms with Crippen LogP contribution in [-0.4, -0.2) is 25.5 Å².